The lowest BCUT2D eigenvalue weighted by atomic mass is 10.1. The number of carbonyl (C=O) groups excluding carboxylic acids is 1. The first-order valence-electron chi connectivity index (χ1n) is 6.61. The van der Waals surface area contributed by atoms with E-state index in [-0.39, 0.29) is 5.91 Å². The van der Waals surface area contributed by atoms with Gasteiger partial charge in [-0.15, -0.1) is 0 Å². The van der Waals surface area contributed by atoms with Crippen LogP contribution in [0.15, 0.2) is 22.6 Å². The third kappa shape index (κ3) is 3.15. The highest BCUT2D eigenvalue weighted by atomic mass is 16.3. The van der Waals surface area contributed by atoms with E-state index in [9.17, 15) is 4.79 Å². The Morgan fingerprint density at radius 1 is 1.16 bits per heavy atom. The first-order valence-corrected chi connectivity index (χ1v) is 6.61. The lowest BCUT2D eigenvalue weighted by Gasteiger charge is -2.02. The van der Waals surface area contributed by atoms with E-state index >= 15 is 0 Å². The zero-order chi connectivity index (χ0) is 13.8. The lowest BCUT2D eigenvalue weighted by Crippen LogP contribution is -2.31. The molecule has 0 saturated carbocycles. The number of carbonyl (C=O) groups is 1. The number of likely N-dealkylation sites (N-methyl/N-ethyl adjacent to an activating group) is 1. The van der Waals surface area contributed by atoms with Crippen LogP contribution in [0, 0.1) is 13.8 Å². The number of benzene rings is 1. The normalized spacial score (nSPS) is 10.9. The maximum Gasteiger partial charge on any atom is 0.287 e. The van der Waals surface area contributed by atoms with Crippen LogP contribution >= 0.6 is 0 Å². The molecule has 2 rings (SSSR count). The van der Waals surface area contributed by atoms with Crippen molar-refractivity contribution in [3.05, 3.63) is 35.1 Å². The number of hydrogen-bond acceptors (Lipinski definition) is 3. The van der Waals surface area contributed by atoms with Crippen molar-refractivity contribution in [3.8, 4) is 0 Å². The fourth-order valence-corrected chi connectivity index (χ4v) is 1.94. The Hall–Kier alpha value is -1.81. The highest BCUT2D eigenvalue weighted by Gasteiger charge is 2.12. The van der Waals surface area contributed by atoms with Gasteiger partial charge < -0.3 is 15.1 Å². The average Bonchev–Trinajstić information content (AvgIpc) is 2.78. The van der Waals surface area contributed by atoms with Gasteiger partial charge in [-0.1, -0.05) is 6.92 Å². The van der Waals surface area contributed by atoms with Gasteiger partial charge in [0.25, 0.3) is 5.91 Å². The minimum absolute atomic E-state index is 0.163. The summed E-state index contributed by atoms with van der Waals surface area (Å²) in [5, 5.41) is 6.95. The second kappa shape index (κ2) is 5.89. The number of hydrogen-bond donors (Lipinski definition) is 2. The van der Waals surface area contributed by atoms with Gasteiger partial charge in [0, 0.05) is 18.5 Å². The lowest BCUT2D eigenvalue weighted by molar-refractivity contribution is 0.0928. The molecular weight excluding hydrogens is 240 g/mol. The molecule has 0 aliphatic carbocycles. The summed E-state index contributed by atoms with van der Waals surface area (Å²) in [7, 11) is 0. The molecule has 1 amide bonds. The first kappa shape index (κ1) is 13.6. The molecule has 19 heavy (non-hydrogen) atoms. The summed E-state index contributed by atoms with van der Waals surface area (Å²) in [5.74, 6) is 0.209. The second-order valence-corrected chi connectivity index (χ2v) is 4.69. The molecule has 1 aromatic heterocycles. The molecule has 102 valence electrons. The van der Waals surface area contributed by atoms with Gasteiger partial charge in [-0.25, -0.2) is 0 Å². The van der Waals surface area contributed by atoms with Crippen LogP contribution in [-0.4, -0.2) is 25.5 Å². The van der Waals surface area contributed by atoms with Gasteiger partial charge in [0.05, 0.1) is 0 Å². The van der Waals surface area contributed by atoms with Crippen LogP contribution in [0.3, 0.4) is 0 Å². The van der Waals surface area contributed by atoms with Crippen molar-refractivity contribution < 1.29 is 9.21 Å². The minimum Gasteiger partial charge on any atom is -0.451 e. The van der Waals surface area contributed by atoms with Gasteiger partial charge in [-0.2, -0.15) is 0 Å². The van der Waals surface area contributed by atoms with E-state index in [1.807, 2.05) is 26.0 Å². The highest BCUT2D eigenvalue weighted by Crippen LogP contribution is 2.23. The number of furan rings is 1. The third-order valence-electron chi connectivity index (χ3n) is 3.19. The van der Waals surface area contributed by atoms with E-state index in [1.54, 1.807) is 6.07 Å². The maximum absolute atomic E-state index is 11.9. The minimum atomic E-state index is -0.163. The summed E-state index contributed by atoms with van der Waals surface area (Å²) in [5.41, 5.74) is 3.13. The van der Waals surface area contributed by atoms with E-state index in [4.69, 9.17) is 4.42 Å². The van der Waals surface area contributed by atoms with Crippen LogP contribution in [0.2, 0.25) is 0 Å². The number of nitrogens with one attached hydrogen (secondary N) is 2. The predicted molar refractivity (Wildman–Crippen MR) is 76.6 cm³/mol. The monoisotopic (exact) mass is 260 g/mol. The summed E-state index contributed by atoms with van der Waals surface area (Å²) in [6, 6.07) is 5.81. The van der Waals surface area contributed by atoms with E-state index in [2.05, 4.69) is 17.6 Å². The van der Waals surface area contributed by atoms with Gasteiger partial charge >= 0.3 is 0 Å². The standard InChI is InChI=1S/C15H20N2O2/c1-4-16-5-6-17-15(18)14-9-12-7-10(2)11(3)8-13(12)19-14/h7-9,16H,4-6H2,1-3H3,(H,17,18). The summed E-state index contributed by atoms with van der Waals surface area (Å²) in [6.07, 6.45) is 0. The summed E-state index contributed by atoms with van der Waals surface area (Å²) in [4.78, 5) is 11.9. The maximum atomic E-state index is 11.9. The van der Waals surface area contributed by atoms with Crippen molar-refractivity contribution in [2.45, 2.75) is 20.8 Å². The van der Waals surface area contributed by atoms with Crippen molar-refractivity contribution in [2.24, 2.45) is 0 Å². The number of rotatable bonds is 5. The Morgan fingerprint density at radius 3 is 2.63 bits per heavy atom. The Labute approximate surface area is 113 Å². The topological polar surface area (TPSA) is 54.3 Å². The smallest absolute Gasteiger partial charge is 0.287 e. The Balaban J connectivity index is 2.10. The average molecular weight is 260 g/mol. The molecule has 1 heterocycles. The molecule has 0 fully saturated rings. The van der Waals surface area contributed by atoms with Crippen LogP contribution in [-0.2, 0) is 0 Å². The fourth-order valence-electron chi connectivity index (χ4n) is 1.94. The summed E-state index contributed by atoms with van der Waals surface area (Å²) >= 11 is 0. The predicted octanol–water partition coefficient (Wildman–Crippen LogP) is 2.39. The summed E-state index contributed by atoms with van der Waals surface area (Å²) in [6.45, 7) is 8.39. The van der Waals surface area contributed by atoms with Gasteiger partial charge in [-0.3, -0.25) is 4.79 Å². The number of fused-ring (bicyclic) bond motifs is 1. The summed E-state index contributed by atoms with van der Waals surface area (Å²) < 4.78 is 5.59. The fraction of sp³-hybridized carbons (Fsp3) is 0.400. The molecule has 2 N–H and O–H groups in total. The molecule has 0 bridgehead atoms. The highest BCUT2D eigenvalue weighted by molar-refractivity contribution is 5.96. The molecule has 1 aromatic carbocycles. The zero-order valence-electron chi connectivity index (χ0n) is 11.7. The van der Waals surface area contributed by atoms with Crippen molar-refractivity contribution in [1.82, 2.24) is 10.6 Å². The molecule has 4 heteroatoms. The third-order valence-corrected chi connectivity index (χ3v) is 3.19. The largest absolute Gasteiger partial charge is 0.451 e. The molecule has 0 aliphatic heterocycles. The van der Waals surface area contributed by atoms with Gasteiger partial charge in [0.1, 0.15) is 5.58 Å². The van der Waals surface area contributed by atoms with Crippen LogP contribution in [0.4, 0.5) is 0 Å². The van der Waals surface area contributed by atoms with E-state index < -0.39 is 0 Å². The van der Waals surface area contributed by atoms with Crippen molar-refractivity contribution in [1.29, 1.82) is 0 Å². The molecule has 0 atom stereocenters. The zero-order valence-corrected chi connectivity index (χ0v) is 11.7. The van der Waals surface area contributed by atoms with E-state index in [0.717, 1.165) is 24.1 Å². The van der Waals surface area contributed by atoms with Crippen LogP contribution < -0.4 is 10.6 Å². The molecule has 0 radical (unpaired) electrons. The van der Waals surface area contributed by atoms with Crippen LogP contribution in [0.25, 0.3) is 11.0 Å². The van der Waals surface area contributed by atoms with Gasteiger partial charge in [0.15, 0.2) is 5.76 Å². The second-order valence-electron chi connectivity index (χ2n) is 4.69. The Morgan fingerprint density at radius 2 is 1.89 bits per heavy atom. The molecule has 0 aliphatic rings. The molecule has 0 saturated heterocycles. The quantitative estimate of drug-likeness (QED) is 0.812. The molecule has 0 unspecified atom stereocenters. The van der Waals surface area contributed by atoms with E-state index in [0.29, 0.717) is 12.3 Å². The molecule has 4 nitrogen and oxygen atoms in total. The SMILES string of the molecule is CCNCCNC(=O)c1cc2cc(C)c(C)cc2o1. The Kier molecular flexibility index (Phi) is 4.22. The van der Waals surface area contributed by atoms with Gasteiger partial charge in [0.2, 0.25) is 0 Å². The number of aryl methyl sites for hydroxylation is 2. The first-order chi connectivity index (χ1) is 9.11. The Bertz CT molecular complexity index is 548. The van der Waals surface area contributed by atoms with Crippen LogP contribution in [0.5, 0.6) is 0 Å². The van der Waals surface area contributed by atoms with Crippen LogP contribution in [0.1, 0.15) is 28.6 Å². The molecule has 0 spiro atoms. The van der Waals surface area contributed by atoms with Gasteiger partial charge in [-0.05, 0) is 49.7 Å². The van der Waals surface area contributed by atoms with Crippen molar-refractivity contribution >= 4 is 16.9 Å². The van der Waals surface area contributed by atoms with Crippen molar-refractivity contribution in [2.75, 3.05) is 19.6 Å². The molecule has 2 aromatic rings. The van der Waals surface area contributed by atoms with Crippen molar-refractivity contribution in [3.63, 3.8) is 0 Å². The molecular formula is C15H20N2O2. The number of amides is 1. The van der Waals surface area contributed by atoms with E-state index in [1.165, 1.54) is 11.1 Å².